The molecule has 0 saturated heterocycles. The molecule has 1 fully saturated rings. The first-order chi connectivity index (χ1) is 8.85. The van der Waals surface area contributed by atoms with Crippen molar-refractivity contribution >= 4 is 28.9 Å². The summed E-state index contributed by atoms with van der Waals surface area (Å²) >= 11 is 12.1. The predicted octanol–water partition coefficient (Wildman–Crippen LogP) is 4.48. The second-order valence-corrected chi connectivity index (χ2v) is 6.87. The lowest BCUT2D eigenvalue weighted by molar-refractivity contribution is 0.370. The fraction of sp³-hybridized carbons (Fsp3) is 0.533. The number of nitrogens with one attached hydrogen (secondary N) is 1. The second kappa shape index (κ2) is 5.82. The van der Waals surface area contributed by atoms with E-state index in [0.717, 1.165) is 17.0 Å². The number of rotatable bonds is 3. The average molecular weight is 299 g/mol. The highest BCUT2D eigenvalue weighted by Crippen LogP contribution is 2.24. The van der Waals surface area contributed by atoms with E-state index in [1.54, 1.807) is 6.07 Å². The molecule has 19 heavy (non-hydrogen) atoms. The van der Waals surface area contributed by atoms with E-state index in [2.05, 4.69) is 31.1 Å². The van der Waals surface area contributed by atoms with Crippen molar-refractivity contribution in [2.24, 2.45) is 4.99 Å². The molecule has 1 aliphatic rings. The van der Waals surface area contributed by atoms with Crippen molar-refractivity contribution in [3.05, 3.63) is 33.8 Å². The quantitative estimate of drug-likeness (QED) is 0.874. The largest absolute Gasteiger partial charge is 0.304 e. The number of hydrogen-bond acceptors (Lipinski definition) is 2. The number of nitrogens with zero attached hydrogens (tertiary/aromatic N) is 1. The first-order valence-corrected chi connectivity index (χ1v) is 7.35. The van der Waals surface area contributed by atoms with Crippen molar-refractivity contribution in [1.29, 1.82) is 0 Å². The lowest BCUT2D eigenvalue weighted by atomic mass is 9.87. The molecular formula is C15H20Cl2N2. The molecule has 0 spiro atoms. The Kier molecular flexibility index (Phi) is 4.54. The summed E-state index contributed by atoms with van der Waals surface area (Å²) < 4.78 is 0. The SMILES string of the molecule is CC(C)(C)NC1CCC1=NCc1cc(Cl)ccc1Cl. The van der Waals surface area contributed by atoms with Gasteiger partial charge < -0.3 is 5.32 Å². The summed E-state index contributed by atoms with van der Waals surface area (Å²) in [6, 6.07) is 5.93. The molecule has 1 N–H and O–H groups in total. The van der Waals surface area contributed by atoms with Gasteiger partial charge in [0, 0.05) is 27.3 Å². The molecule has 1 aromatic rings. The van der Waals surface area contributed by atoms with Crippen molar-refractivity contribution in [2.45, 2.75) is 51.7 Å². The van der Waals surface area contributed by atoms with E-state index in [-0.39, 0.29) is 5.54 Å². The summed E-state index contributed by atoms with van der Waals surface area (Å²) in [6.07, 6.45) is 2.24. The van der Waals surface area contributed by atoms with Crippen molar-refractivity contribution in [3.63, 3.8) is 0 Å². The highest BCUT2D eigenvalue weighted by atomic mass is 35.5. The van der Waals surface area contributed by atoms with Crippen molar-refractivity contribution in [3.8, 4) is 0 Å². The summed E-state index contributed by atoms with van der Waals surface area (Å²) in [5.74, 6) is 0. The predicted molar refractivity (Wildman–Crippen MR) is 83.5 cm³/mol. The fourth-order valence-electron chi connectivity index (χ4n) is 2.14. The van der Waals surface area contributed by atoms with E-state index < -0.39 is 0 Å². The summed E-state index contributed by atoms with van der Waals surface area (Å²) in [4.78, 5) is 4.68. The maximum atomic E-state index is 6.14. The third-order valence-electron chi connectivity index (χ3n) is 3.16. The number of aliphatic imine (C=N–C) groups is 1. The van der Waals surface area contributed by atoms with Gasteiger partial charge in [-0.1, -0.05) is 23.2 Å². The van der Waals surface area contributed by atoms with E-state index in [0.29, 0.717) is 17.6 Å². The summed E-state index contributed by atoms with van der Waals surface area (Å²) in [5.41, 5.74) is 2.36. The van der Waals surface area contributed by atoms with Crippen LogP contribution >= 0.6 is 23.2 Å². The third-order valence-corrected chi connectivity index (χ3v) is 3.76. The highest BCUT2D eigenvalue weighted by Gasteiger charge is 2.28. The fourth-order valence-corrected chi connectivity index (χ4v) is 2.51. The smallest absolute Gasteiger partial charge is 0.0654 e. The molecule has 1 saturated carbocycles. The Balaban J connectivity index is 2.01. The Morgan fingerprint density at radius 2 is 2.05 bits per heavy atom. The van der Waals surface area contributed by atoms with Crippen LogP contribution in [0.4, 0.5) is 0 Å². The minimum Gasteiger partial charge on any atom is -0.304 e. The molecule has 0 aliphatic heterocycles. The minimum atomic E-state index is 0.125. The van der Waals surface area contributed by atoms with Crippen LogP contribution in [0.15, 0.2) is 23.2 Å². The van der Waals surface area contributed by atoms with Gasteiger partial charge in [0.1, 0.15) is 0 Å². The average Bonchev–Trinajstić information content (AvgIpc) is 2.28. The van der Waals surface area contributed by atoms with Gasteiger partial charge in [0.25, 0.3) is 0 Å². The lowest BCUT2D eigenvalue weighted by Crippen LogP contribution is -2.52. The zero-order chi connectivity index (χ0) is 14.0. The van der Waals surface area contributed by atoms with Crippen LogP contribution in [0.5, 0.6) is 0 Å². The Labute approximate surface area is 125 Å². The molecule has 0 radical (unpaired) electrons. The Hall–Kier alpha value is -0.570. The van der Waals surface area contributed by atoms with Gasteiger partial charge in [0.15, 0.2) is 0 Å². The lowest BCUT2D eigenvalue weighted by Gasteiger charge is -2.35. The van der Waals surface area contributed by atoms with E-state index in [4.69, 9.17) is 23.2 Å². The maximum absolute atomic E-state index is 6.14. The van der Waals surface area contributed by atoms with E-state index in [1.807, 2.05) is 12.1 Å². The molecule has 0 bridgehead atoms. The number of benzene rings is 1. The molecule has 4 heteroatoms. The topological polar surface area (TPSA) is 24.4 Å². The van der Waals surface area contributed by atoms with Gasteiger partial charge in [-0.3, -0.25) is 4.99 Å². The van der Waals surface area contributed by atoms with Crippen molar-refractivity contribution in [1.82, 2.24) is 5.32 Å². The van der Waals surface area contributed by atoms with Crippen LogP contribution in [0.2, 0.25) is 10.0 Å². The summed E-state index contributed by atoms with van der Waals surface area (Å²) in [7, 11) is 0. The molecule has 104 valence electrons. The molecule has 1 atom stereocenters. The van der Waals surface area contributed by atoms with Gasteiger partial charge >= 0.3 is 0 Å². The van der Waals surface area contributed by atoms with Crippen LogP contribution < -0.4 is 5.32 Å². The molecule has 1 aliphatic carbocycles. The van der Waals surface area contributed by atoms with Crippen LogP contribution in [0.3, 0.4) is 0 Å². The van der Waals surface area contributed by atoms with Gasteiger partial charge in [0.05, 0.1) is 6.54 Å². The molecule has 1 unspecified atom stereocenters. The van der Waals surface area contributed by atoms with Crippen LogP contribution in [0.25, 0.3) is 0 Å². The van der Waals surface area contributed by atoms with Crippen LogP contribution in [0.1, 0.15) is 39.2 Å². The van der Waals surface area contributed by atoms with Crippen molar-refractivity contribution < 1.29 is 0 Å². The molecule has 0 heterocycles. The normalized spacial score (nSPS) is 21.5. The molecule has 2 rings (SSSR count). The van der Waals surface area contributed by atoms with Crippen LogP contribution in [0, 0.1) is 0 Å². The second-order valence-electron chi connectivity index (χ2n) is 6.03. The molecule has 2 nitrogen and oxygen atoms in total. The summed E-state index contributed by atoms with van der Waals surface area (Å²) in [6.45, 7) is 7.14. The monoisotopic (exact) mass is 298 g/mol. The first-order valence-electron chi connectivity index (χ1n) is 6.60. The van der Waals surface area contributed by atoms with Gasteiger partial charge in [-0.2, -0.15) is 0 Å². The first kappa shape index (κ1) is 14.8. The molecule has 0 aromatic heterocycles. The minimum absolute atomic E-state index is 0.125. The molecule has 0 amide bonds. The van der Waals surface area contributed by atoms with Gasteiger partial charge in [0.2, 0.25) is 0 Å². The number of halogens is 2. The highest BCUT2D eigenvalue weighted by molar-refractivity contribution is 6.33. The van der Waals surface area contributed by atoms with Crippen LogP contribution in [-0.4, -0.2) is 17.3 Å². The van der Waals surface area contributed by atoms with Crippen molar-refractivity contribution in [2.75, 3.05) is 0 Å². The summed E-state index contributed by atoms with van der Waals surface area (Å²) in [5, 5.41) is 5.01. The van der Waals surface area contributed by atoms with Crippen LogP contribution in [-0.2, 0) is 6.54 Å². The maximum Gasteiger partial charge on any atom is 0.0654 e. The van der Waals surface area contributed by atoms with Gasteiger partial charge in [-0.05, 0) is 57.4 Å². The standard InChI is InChI=1S/C15H20Cl2N2/c1-15(2,3)19-14-7-6-13(14)18-9-10-8-11(16)4-5-12(10)17/h4-5,8,14,19H,6-7,9H2,1-3H3. The molecule has 1 aromatic carbocycles. The Bertz CT molecular complexity index is 489. The van der Waals surface area contributed by atoms with E-state index >= 15 is 0 Å². The Morgan fingerprint density at radius 1 is 1.32 bits per heavy atom. The zero-order valence-electron chi connectivity index (χ0n) is 11.6. The van der Waals surface area contributed by atoms with E-state index in [1.165, 1.54) is 12.1 Å². The molecular weight excluding hydrogens is 279 g/mol. The van der Waals surface area contributed by atoms with Gasteiger partial charge in [-0.15, -0.1) is 0 Å². The number of hydrogen-bond donors (Lipinski definition) is 1. The third kappa shape index (κ3) is 4.20. The zero-order valence-corrected chi connectivity index (χ0v) is 13.1. The van der Waals surface area contributed by atoms with E-state index in [9.17, 15) is 0 Å². The Morgan fingerprint density at radius 3 is 2.63 bits per heavy atom. The van der Waals surface area contributed by atoms with Gasteiger partial charge in [-0.25, -0.2) is 0 Å².